The van der Waals surface area contributed by atoms with Gasteiger partial charge in [0.25, 0.3) is 0 Å². The standard InChI is InChI=1S/C16H21ClN2O4/c17-13-5-1-2-6-14(13)23-11-12-4-3-9-19(10-12)16(22)18-8-7-15(20)21/h1-2,5-6,12H,3-4,7-11H2,(H,18,22)(H,20,21). The topological polar surface area (TPSA) is 78.9 Å². The predicted molar refractivity (Wildman–Crippen MR) is 86.9 cm³/mol. The molecule has 1 atom stereocenters. The molecule has 0 aliphatic carbocycles. The van der Waals surface area contributed by atoms with Gasteiger partial charge >= 0.3 is 12.0 Å². The largest absolute Gasteiger partial charge is 0.492 e. The molecular weight excluding hydrogens is 320 g/mol. The molecule has 0 radical (unpaired) electrons. The van der Waals surface area contributed by atoms with E-state index in [4.69, 9.17) is 21.4 Å². The highest BCUT2D eigenvalue weighted by molar-refractivity contribution is 6.32. The van der Waals surface area contributed by atoms with Gasteiger partial charge in [-0.2, -0.15) is 0 Å². The van der Waals surface area contributed by atoms with Crippen molar-refractivity contribution >= 4 is 23.6 Å². The van der Waals surface area contributed by atoms with Crippen LogP contribution in [0.4, 0.5) is 4.79 Å². The zero-order chi connectivity index (χ0) is 16.7. The zero-order valence-electron chi connectivity index (χ0n) is 12.8. The van der Waals surface area contributed by atoms with Crippen LogP contribution in [0.5, 0.6) is 5.75 Å². The van der Waals surface area contributed by atoms with Crippen LogP contribution < -0.4 is 10.1 Å². The highest BCUT2D eigenvalue weighted by Gasteiger charge is 2.24. The number of rotatable bonds is 6. The molecule has 0 saturated carbocycles. The van der Waals surface area contributed by atoms with Crippen LogP contribution in [0.2, 0.25) is 5.02 Å². The summed E-state index contributed by atoms with van der Waals surface area (Å²) in [6.45, 7) is 1.93. The van der Waals surface area contributed by atoms with E-state index in [1.165, 1.54) is 0 Å². The van der Waals surface area contributed by atoms with Crippen molar-refractivity contribution in [3.05, 3.63) is 29.3 Å². The van der Waals surface area contributed by atoms with Crippen molar-refractivity contribution < 1.29 is 19.4 Å². The molecule has 2 N–H and O–H groups in total. The minimum Gasteiger partial charge on any atom is -0.492 e. The third kappa shape index (κ3) is 5.63. The van der Waals surface area contributed by atoms with E-state index >= 15 is 0 Å². The molecule has 1 saturated heterocycles. The molecule has 1 aliphatic heterocycles. The first-order chi connectivity index (χ1) is 11.1. The molecule has 6 nitrogen and oxygen atoms in total. The van der Waals surface area contributed by atoms with Crippen LogP contribution in [0.15, 0.2) is 24.3 Å². The lowest BCUT2D eigenvalue weighted by atomic mass is 9.99. The monoisotopic (exact) mass is 340 g/mol. The van der Waals surface area contributed by atoms with Gasteiger partial charge in [-0.05, 0) is 25.0 Å². The highest BCUT2D eigenvalue weighted by atomic mass is 35.5. The fourth-order valence-corrected chi connectivity index (χ4v) is 2.73. The van der Waals surface area contributed by atoms with Gasteiger partial charge < -0.3 is 20.1 Å². The Morgan fingerprint density at radius 1 is 1.39 bits per heavy atom. The smallest absolute Gasteiger partial charge is 0.317 e. The molecule has 0 spiro atoms. The summed E-state index contributed by atoms with van der Waals surface area (Å²) in [4.78, 5) is 24.2. The molecule has 2 rings (SSSR count). The molecule has 1 aromatic rings. The summed E-state index contributed by atoms with van der Waals surface area (Å²) in [6.07, 6.45) is 1.82. The summed E-state index contributed by atoms with van der Waals surface area (Å²) in [5, 5.41) is 11.8. The summed E-state index contributed by atoms with van der Waals surface area (Å²) in [6, 6.07) is 7.10. The number of para-hydroxylation sites is 1. The second kappa shape index (κ2) is 8.62. The van der Waals surface area contributed by atoms with E-state index in [-0.39, 0.29) is 24.9 Å². The minimum atomic E-state index is -0.921. The minimum absolute atomic E-state index is 0.0708. The molecule has 2 amide bonds. The summed E-state index contributed by atoms with van der Waals surface area (Å²) < 4.78 is 5.75. The van der Waals surface area contributed by atoms with Gasteiger partial charge in [0.2, 0.25) is 0 Å². The fraction of sp³-hybridized carbons (Fsp3) is 0.500. The third-order valence-corrected chi connectivity index (χ3v) is 4.04. The predicted octanol–water partition coefficient (Wildman–Crippen LogP) is 2.62. The molecule has 0 aromatic heterocycles. The van der Waals surface area contributed by atoms with Crippen LogP contribution in [0.1, 0.15) is 19.3 Å². The Balaban J connectivity index is 1.77. The Labute approximate surface area is 140 Å². The van der Waals surface area contributed by atoms with Crippen LogP contribution >= 0.6 is 11.6 Å². The Morgan fingerprint density at radius 2 is 2.17 bits per heavy atom. The molecule has 126 valence electrons. The van der Waals surface area contributed by atoms with Crippen molar-refractivity contribution in [1.29, 1.82) is 0 Å². The summed E-state index contributed by atoms with van der Waals surface area (Å²) in [5.74, 6) is -0.0302. The van der Waals surface area contributed by atoms with E-state index in [1.807, 2.05) is 18.2 Å². The van der Waals surface area contributed by atoms with Crippen molar-refractivity contribution in [2.75, 3.05) is 26.2 Å². The number of piperidine rings is 1. The maximum Gasteiger partial charge on any atom is 0.317 e. The molecule has 1 aromatic carbocycles. The first-order valence-electron chi connectivity index (χ1n) is 7.68. The molecule has 1 aliphatic rings. The number of aliphatic carboxylic acids is 1. The first-order valence-corrected chi connectivity index (χ1v) is 8.06. The van der Waals surface area contributed by atoms with Crippen molar-refractivity contribution in [2.24, 2.45) is 5.92 Å². The van der Waals surface area contributed by atoms with Gasteiger partial charge in [0.05, 0.1) is 18.1 Å². The molecule has 1 heterocycles. The average molecular weight is 341 g/mol. The number of hydrogen-bond donors (Lipinski definition) is 2. The SMILES string of the molecule is O=C(O)CCNC(=O)N1CCCC(COc2ccccc2Cl)C1. The molecule has 23 heavy (non-hydrogen) atoms. The number of likely N-dealkylation sites (tertiary alicyclic amines) is 1. The second-order valence-corrected chi connectivity index (χ2v) is 5.98. The normalized spacial score (nSPS) is 17.6. The lowest BCUT2D eigenvalue weighted by molar-refractivity contribution is -0.136. The second-order valence-electron chi connectivity index (χ2n) is 5.57. The van der Waals surface area contributed by atoms with Gasteiger partial charge in [-0.1, -0.05) is 23.7 Å². The van der Waals surface area contributed by atoms with Gasteiger partial charge in [0.1, 0.15) is 5.75 Å². The number of amides is 2. The highest BCUT2D eigenvalue weighted by Crippen LogP contribution is 2.25. The number of nitrogens with one attached hydrogen (secondary N) is 1. The number of carbonyl (C=O) groups is 2. The van der Waals surface area contributed by atoms with Crippen molar-refractivity contribution in [3.63, 3.8) is 0 Å². The summed E-state index contributed by atoms with van der Waals surface area (Å²) in [5.41, 5.74) is 0. The van der Waals surface area contributed by atoms with Gasteiger partial charge in [0, 0.05) is 25.6 Å². The number of benzene rings is 1. The maximum atomic E-state index is 12.0. The Morgan fingerprint density at radius 3 is 2.91 bits per heavy atom. The Bertz CT molecular complexity index is 553. The Kier molecular flexibility index (Phi) is 6.52. The Hall–Kier alpha value is -1.95. The van der Waals surface area contributed by atoms with Gasteiger partial charge in [0.15, 0.2) is 0 Å². The fourth-order valence-electron chi connectivity index (χ4n) is 2.54. The van der Waals surface area contributed by atoms with E-state index in [0.717, 1.165) is 12.8 Å². The van der Waals surface area contributed by atoms with Crippen LogP contribution in [0.25, 0.3) is 0 Å². The van der Waals surface area contributed by atoms with Gasteiger partial charge in [-0.25, -0.2) is 4.79 Å². The molecular formula is C16H21ClN2O4. The third-order valence-electron chi connectivity index (χ3n) is 3.73. The van der Waals surface area contributed by atoms with E-state index in [9.17, 15) is 9.59 Å². The van der Waals surface area contributed by atoms with Crippen LogP contribution in [0, 0.1) is 5.92 Å². The lowest BCUT2D eigenvalue weighted by Gasteiger charge is -2.32. The number of carbonyl (C=O) groups excluding carboxylic acids is 1. The number of hydrogen-bond acceptors (Lipinski definition) is 3. The van der Waals surface area contributed by atoms with Crippen LogP contribution in [-0.2, 0) is 4.79 Å². The molecule has 1 fully saturated rings. The maximum absolute atomic E-state index is 12.0. The molecule has 7 heteroatoms. The van der Waals surface area contributed by atoms with Crippen molar-refractivity contribution in [2.45, 2.75) is 19.3 Å². The van der Waals surface area contributed by atoms with Crippen molar-refractivity contribution in [1.82, 2.24) is 10.2 Å². The first kappa shape index (κ1) is 17.4. The lowest BCUT2D eigenvalue weighted by Crippen LogP contribution is -2.46. The zero-order valence-corrected chi connectivity index (χ0v) is 13.6. The van der Waals surface area contributed by atoms with E-state index in [0.29, 0.717) is 30.5 Å². The van der Waals surface area contributed by atoms with E-state index < -0.39 is 5.97 Å². The number of urea groups is 1. The molecule has 0 bridgehead atoms. The number of nitrogens with zero attached hydrogens (tertiary/aromatic N) is 1. The number of carboxylic acids is 1. The number of halogens is 1. The number of ether oxygens (including phenoxy) is 1. The summed E-state index contributed by atoms with van der Waals surface area (Å²) >= 11 is 6.06. The molecule has 1 unspecified atom stereocenters. The van der Waals surface area contributed by atoms with E-state index in [2.05, 4.69) is 5.32 Å². The van der Waals surface area contributed by atoms with Gasteiger partial charge in [-0.15, -0.1) is 0 Å². The number of carboxylic acid groups (broad SMARTS) is 1. The van der Waals surface area contributed by atoms with E-state index in [1.54, 1.807) is 11.0 Å². The quantitative estimate of drug-likeness (QED) is 0.834. The summed E-state index contributed by atoms with van der Waals surface area (Å²) in [7, 11) is 0. The van der Waals surface area contributed by atoms with Crippen LogP contribution in [0.3, 0.4) is 0 Å². The van der Waals surface area contributed by atoms with Crippen molar-refractivity contribution in [3.8, 4) is 5.75 Å². The van der Waals surface area contributed by atoms with Gasteiger partial charge in [-0.3, -0.25) is 4.79 Å². The average Bonchev–Trinajstić information content (AvgIpc) is 2.54. The van der Waals surface area contributed by atoms with Crippen LogP contribution in [-0.4, -0.2) is 48.2 Å².